The van der Waals surface area contributed by atoms with Crippen molar-refractivity contribution in [1.29, 1.82) is 0 Å². The summed E-state index contributed by atoms with van der Waals surface area (Å²) < 4.78 is 0. The lowest BCUT2D eigenvalue weighted by Crippen LogP contribution is -1.99. The minimum absolute atomic E-state index is 0.148. The number of benzene rings is 1. The Morgan fingerprint density at radius 1 is 1.14 bits per heavy atom. The smallest absolute Gasteiger partial charge is 0.200 e. The van der Waals surface area contributed by atoms with Gasteiger partial charge in [-0.1, -0.05) is 17.7 Å². The zero-order chi connectivity index (χ0) is 10.3. The second-order valence-corrected chi connectivity index (χ2v) is 3.25. The second kappa shape index (κ2) is 2.80. The van der Waals surface area contributed by atoms with Crippen LogP contribution in [0.4, 0.5) is 0 Å². The van der Waals surface area contributed by atoms with Gasteiger partial charge in [-0.3, -0.25) is 9.59 Å². The summed E-state index contributed by atoms with van der Waals surface area (Å²) >= 11 is 0. The number of fused-ring (bicyclic) bond motifs is 1. The van der Waals surface area contributed by atoms with Gasteiger partial charge in [0.15, 0.2) is 0 Å². The van der Waals surface area contributed by atoms with Crippen molar-refractivity contribution in [2.75, 3.05) is 0 Å². The molecule has 1 aromatic rings. The van der Waals surface area contributed by atoms with E-state index >= 15 is 0 Å². The quantitative estimate of drug-likeness (QED) is 0.384. The number of carbonyl (C=O) groups excluding carboxylic acids is 2. The first-order valence-corrected chi connectivity index (χ1v) is 4.19. The van der Waals surface area contributed by atoms with E-state index in [0.717, 1.165) is 5.56 Å². The summed E-state index contributed by atoms with van der Waals surface area (Å²) in [5, 5.41) is 8.74. The Hall–Kier alpha value is -1.90. The van der Waals surface area contributed by atoms with Crippen LogP contribution in [0.25, 0.3) is 0 Å². The summed E-state index contributed by atoms with van der Waals surface area (Å²) in [6, 6.07) is 5.04. The topological polar surface area (TPSA) is 54.4 Å². The lowest BCUT2D eigenvalue weighted by molar-refractivity contribution is 0.0984. The van der Waals surface area contributed by atoms with Crippen LogP contribution in [-0.4, -0.2) is 16.7 Å². The van der Waals surface area contributed by atoms with Crippen LogP contribution in [0, 0.1) is 6.92 Å². The van der Waals surface area contributed by atoms with E-state index in [0.29, 0.717) is 17.4 Å². The maximum atomic E-state index is 11.5. The van der Waals surface area contributed by atoms with Crippen LogP contribution in [0.5, 0.6) is 0 Å². The SMILES string of the molecule is Cc1ccc2c(c1)C(=O)/C(=C/O)C2=O. The van der Waals surface area contributed by atoms with Crippen LogP contribution in [0.3, 0.4) is 0 Å². The van der Waals surface area contributed by atoms with E-state index in [1.165, 1.54) is 0 Å². The van der Waals surface area contributed by atoms with Crippen molar-refractivity contribution in [1.82, 2.24) is 0 Å². The van der Waals surface area contributed by atoms with Crippen LogP contribution in [-0.2, 0) is 0 Å². The molecule has 1 aliphatic carbocycles. The summed E-state index contributed by atoms with van der Waals surface area (Å²) in [4.78, 5) is 23.0. The molecule has 2 rings (SSSR count). The Bertz CT molecular complexity index is 469. The molecule has 0 atom stereocenters. The molecular weight excluding hydrogens is 180 g/mol. The summed E-state index contributed by atoms with van der Waals surface area (Å²) in [6.07, 6.45) is 0.583. The van der Waals surface area contributed by atoms with Crippen LogP contribution in [0.2, 0.25) is 0 Å². The van der Waals surface area contributed by atoms with Crippen molar-refractivity contribution >= 4 is 11.6 Å². The highest BCUT2D eigenvalue weighted by Gasteiger charge is 2.33. The number of hydrogen-bond acceptors (Lipinski definition) is 3. The highest BCUT2D eigenvalue weighted by molar-refractivity contribution is 6.39. The van der Waals surface area contributed by atoms with Gasteiger partial charge in [-0.05, 0) is 13.0 Å². The van der Waals surface area contributed by atoms with Crippen molar-refractivity contribution in [2.24, 2.45) is 0 Å². The third kappa shape index (κ3) is 0.988. The Balaban J connectivity index is 2.70. The van der Waals surface area contributed by atoms with E-state index in [-0.39, 0.29) is 5.57 Å². The number of aryl methyl sites for hydroxylation is 1. The Morgan fingerprint density at radius 3 is 2.43 bits per heavy atom. The number of carbonyl (C=O) groups is 2. The predicted octanol–water partition coefficient (Wildman–Crippen LogP) is 1.82. The van der Waals surface area contributed by atoms with E-state index in [9.17, 15) is 9.59 Å². The Kier molecular flexibility index (Phi) is 1.74. The van der Waals surface area contributed by atoms with Gasteiger partial charge in [0.25, 0.3) is 0 Å². The summed E-state index contributed by atoms with van der Waals surface area (Å²) in [7, 11) is 0. The van der Waals surface area contributed by atoms with Crippen molar-refractivity contribution in [3.05, 3.63) is 46.7 Å². The van der Waals surface area contributed by atoms with Crippen molar-refractivity contribution in [3.8, 4) is 0 Å². The van der Waals surface area contributed by atoms with E-state index in [2.05, 4.69) is 0 Å². The number of allylic oxidation sites excluding steroid dienone is 1. The van der Waals surface area contributed by atoms with E-state index in [1.54, 1.807) is 18.2 Å². The molecule has 0 radical (unpaired) electrons. The third-order valence-electron chi connectivity index (χ3n) is 2.28. The fourth-order valence-electron chi connectivity index (χ4n) is 1.55. The molecule has 0 saturated heterocycles. The molecular formula is C11H8O3. The van der Waals surface area contributed by atoms with Crippen LogP contribution in [0.1, 0.15) is 26.3 Å². The molecule has 1 aromatic carbocycles. The monoisotopic (exact) mass is 188 g/mol. The fraction of sp³-hybridized carbons (Fsp3) is 0.0909. The van der Waals surface area contributed by atoms with Crippen LogP contribution in [0.15, 0.2) is 30.0 Å². The highest BCUT2D eigenvalue weighted by Crippen LogP contribution is 2.26. The molecule has 0 spiro atoms. The molecule has 0 unspecified atom stereocenters. The van der Waals surface area contributed by atoms with Gasteiger partial charge >= 0.3 is 0 Å². The molecule has 0 bridgehead atoms. The lowest BCUT2D eigenvalue weighted by Gasteiger charge is -1.95. The van der Waals surface area contributed by atoms with Gasteiger partial charge in [0.1, 0.15) is 5.57 Å². The van der Waals surface area contributed by atoms with Crippen LogP contribution < -0.4 is 0 Å². The maximum absolute atomic E-state index is 11.5. The predicted molar refractivity (Wildman–Crippen MR) is 50.6 cm³/mol. The first-order chi connectivity index (χ1) is 6.65. The molecule has 1 aliphatic rings. The molecule has 3 nitrogen and oxygen atoms in total. The number of hydrogen-bond donors (Lipinski definition) is 1. The molecule has 0 fully saturated rings. The van der Waals surface area contributed by atoms with Crippen LogP contribution >= 0.6 is 0 Å². The summed E-state index contributed by atoms with van der Waals surface area (Å²) in [5.41, 5.74) is 1.53. The number of rotatable bonds is 0. The summed E-state index contributed by atoms with van der Waals surface area (Å²) in [5.74, 6) is -0.788. The molecule has 0 aromatic heterocycles. The highest BCUT2D eigenvalue weighted by atomic mass is 16.2. The Morgan fingerprint density at radius 2 is 1.79 bits per heavy atom. The molecule has 0 aliphatic heterocycles. The largest absolute Gasteiger partial charge is 0.515 e. The van der Waals surface area contributed by atoms with Gasteiger partial charge < -0.3 is 5.11 Å². The van der Waals surface area contributed by atoms with Crippen molar-refractivity contribution in [2.45, 2.75) is 6.92 Å². The number of ketones is 2. The average Bonchev–Trinajstić information content (AvgIpc) is 2.39. The third-order valence-corrected chi connectivity index (χ3v) is 2.28. The minimum Gasteiger partial charge on any atom is -0.515 e. The minimum atomic E-state index is -0.396. The molecule has 3 heteroatoms. The molecule has 70 valence electrons. The second-order valence-electron chi connectivity index (χ2n) is 3.25. The number of aliphatic hydroxyl groups is 1. The lowest BCUT2D eigenvalue weighted by atomic mass is 10.1. The molecule has 1 N–H and O–H groups in total. The van der Waals surface area contributed by atoms with E-state index < -0.39 is 11.6 Å². The molecule has 0 heterocycles. The maximum Gasteiger partial charge on any atom is 0.200 e. The average molecular weight is 188 g/mol. The summed E-state index contributed by atoms with van der Waals surface area (Å²) in [6.45, 7) is 1.85. The van der Waals surface area contributed by atoms with Gasteiger partial charge in [0.05, 0.1) is 6.26 Å². The zero-order valence-electron chi connectivity index (χ0n) is 7.57. The number of aliphatic hydroxyl groups excluding tert-OH is 1. The van der Waals surface area contributed by atoms with Gasteiger partial charge in [0.2, 0.25) is 11.6 Å². The molecule has 14 heavy (non-hydrogen) atoms. The van der Waals surface area contributed by atoms with Gasteiger partial charge in [-0.2, -0.15) is 0 Å². The van der Waals surface area contributed by atoms with Crippen molar-refractivity contribution < 1.29 is 14.7 Å². The van der Waals surface area contributed by atoms with E-state index in [4.69, 9.17) is 5.11 Å². The van der Waals surface area contributed by atoms with Gasteiger partial charge in [-0.25, -0.2) is 0 Å². The first kappa shape index (κ1) is 8.69. The Labute approximate surface area is 80.7 Å². The van der Waals surface area contributed by atoms with E-state index in [1.807, 2.05) is 6.92 Å². The molecule has 0 saturated carbocycles. The van der Waals surface area contributed by atoms with Gasteiger partial charge in [-0.15, -0.1) is 0 Å². The fourth-order valence-corrected chi connectivity index (χ4v) is 1.55. The number of Topliss-reactive ketones (excluding diaryl/α,β-unsaturated/α-hetero) is 2. The molecule has 0 amide bonds. The first-order valence-electron chi connectivity index (χ1n) is 4.19. The van der Waals surface area contributed by atoms with Crippen molar-refractivity contribution in [3.63, 3.8) is 0 Å². The normalized spacial score (nSPS) is 17.6. The zero-order valence-corrected chi connectivity index (χ0v) is 7.57. The van der Waals surface area contributed by atoms with Gasteiger partial charge in [0, 0.05) is 11.1 Å². The standard InChI is InChI=1S/C11H8O3/c1-6-2-3-7-8(4-6)11(14)9(5-12)10(7)13/h2-5,12H,1H3/b9-5+.